The first kappa shape index (κ1) is 13.8. The Labute approximate surface area is 118 Å². The van der Waals surface area contributed by atoms with Crippen LogP contribution in [-0.2, 0) is 0 Å². The van der Waals surface area contributed by atoms with Gasteiger partial charge in [-0.15, -0.1) is 29.3 Å². The van der Waals surface area contributed by atoms with E-state index in [2.05, 4.69) is 43.3 Å². The average molecular weight is 279 g/mol. The van der Waals surface area contributed by atoms with E-state index in [-0.39, 0.29) is 0 Å². The number of hydrogen-bond donors (Lipinski definition) is 1. The van der Waals surface area contributed by atoms with Gasteiger partial charge in [0, 0.05) is 20.3 Å². The normalized spacial score (nSPS) is 13.0. The molecule has 0 fully saturated rings. The second kappa shape index (κ2) is 6.50. The molecule has 3 heteroatoms. The number of fused-ring (bicyclic) bond motifs is 1. The molecule has 0 saturated carbocycles. The molecular formula is C15H21NS2. The third-order valence-corrected chi connectivity index (χ3v) is 5.21. The van der Waals surface area contributed by atoms with Crippen molar-refractivity contribution in [3.8, 4) is 0 Å². The molecule has 98 valence electrons. The Morgan fingerprint density at radius 2 is 2.28 bits per heavy atom. The van der Waals surface area contributed by atoms with Crippen molar-refractivity contribution in [3.05, 3.63) is 34.5 Å². The Morgan fingerprint density at radius 1 is 1.44 bits per heavy atom. The van der Waals surface area contributed by atoms with E-state index < -0.39 is 0 Å². The summed E-state index contributed by atoms with van der Waals surface area (Å²) in [4.78, 5) is 1.48. The lowest BCUT2D eigenvalue weighted by Gasteiger charge is -2.17. The molecule has 2 aromatic rings. The van der Waals surface area contributed by atoms with Crippen molar-refractivity contribution >= 4 is 32.1 Å². The average Bonchev–Trinajstić information content (AvgIpc) is 2.89. The van der Waals surface area contributed by atoms with E-state index in [9.17, 15) is 0 Å². The van der Waals surface area contributed by atoms with Crippen LogP contribution in [0.25, 0.3) is 9.40 Å². The van der Waals surface area contributed by atoms with Gasteiger partial charge >= 0.3 is 0 Å². The smallest absolute Gasteiger partial charge is 0.0454 e. The molecule has 2 heterocycles. The summed E-state index contributed by atoms with van der Waals surface area (Å²) in [5.41, 5.74) is 1.27. The first-order valence-corrected chi connectivity index (χ1v) is 8.25. The van der Waals surface area contributed by atoms with Crippen molar-refractivity contribution < 1.29 is 0 Å². The molecule has 1 unspecified atom stereocenters. The van der Waals surface area contributed by atoms with Crippen molar-refractivity contribution in [3.63, 3.8) is 0 Å². The van der Waals surface area contributed by atoms with Crippen LogP contribution >= 0.6 is 22.7 Å². The van der Waals surface area contributed by atoms with Gasteiger partial charge in [-0.1, -0.05) is 12.5 Å². The van der Waals surface area contributed by atoms with Crippen LogP contribution in [0.4, 0.5) is 0 Å². The highest BCUT2D eigenvalue weighted by atomic mass is 32.1. The van der Waals surface area contributed by atoms with E-state index in [1.165, 1.54) is 26.3 Å². The van der Waals surface area contributed by atoms with Crippen LogP contribution < -0.4 is 5.32 Å². The molecule has 0 aliphatic carbocycles. The molecule has 0 aliphatic rings. The van der Waals surface area contributed by atoms with Gasteiger partial charge in [0.05, 0.1) is 0 Å². The van der Waals surface area contributed by atoms with Gasteiger partial charge in [-0.3, -0.25) is 0 Å². The van der Waals surface area contributed by atoms with Gasteiger partial charge in [-0.05, 0) is 50.2 Å². The SMILES string of the molecule is C=C(C)CCC(NCCC)c1cc2sccc2s1. The molecule has 1 atom stereocenters. The molecule has 0 bridgehead atoms. The lowest BCUT2D eigenvalue weighted by atomic mass is 10.1. The topological polar surface area (TPSA) is 12.0 Å². The fourth-order valence-corrected chi connectivity index (χ4v) is 4.24. The molecule has 0 amide bonds. The molecule has 0 aromatic carbocycles. The summed E-state index contributed by atoms with van der Waals surface area (Å²) in [7, 11) is 0. The van der Waals surface area contributed by atoms with Crippen LogP contribution in [0, 0.1) is 0 Å². The minimum absolute atomic E-state index is 0.492. The molecule has 2 rings (SSSR count). The lowest BCUT2D eigenvalue weighted by Crippen LogP contribution is -2.21. The molecule has 0 spiro atoms. The first-order chi connectivity index (χ1) is 8.70. The summed E-state index contributed by atoms with van der Waals surface area (Å²) in [5.74, 6) is 0. The number of thiophene rings is 2. The van der Waals surface area contributed by atoms with Crippen LogP contribution in [-0.4, -0.2) is 6.54 Å². The van der Waals surface area contributed by atoms with E-state index >= 15 is 0 Å². The fraction of sp³-hybridized carbons (Fsp3) is 0.467. The quantitative estimate of drug-likeness (QED) is 0.673. The number of hydrogen-bond acceptors (Lipinski definition) is 3. The van der Waals surface area contributed by atoms with Crippen LogP contribution in [0.5, 0.6) is 0 Å². The van der Waals surface area contributed by atoms with Gasteiger partial charge in [0.2, 0.25) is 0 Å². The summed E-state index contributed by atoms with van der Waals surface area (Å²) < 4.78 is 2.85. The Hall–Kier alpha value is -0.640. The van der Waals surface area contributed by atoms with Crippen molar-refractivity contribution in [2.75, 3.05) is 6.54 Å². The minimum atomic E-state index is 0.492. The third-order valence-electron chi connectivity index (χ3n) is 3.00. The summed E-state index contributed by atoms with van der Waals surface area (Å²) in [6.45, 7) is 9.43. The fourth-order valence-electron chi connectivity index (χ4n) is 2.01. The number of nitrogens with one attached hydrogen (secondary N) is 1. The predicted octanol–water partition coefficient (Wildman–Crippen LogP) is 5.36. The van der Waals surface area contributed by atoms with E-state index in [4.69, 9.17) is 0 Å². The van der Waals surface area contributed by atoms with Crippen LogP contribution in [0.15, 0.2) is 29.7 Å². The van der Waals surface area contributed by atoms with Crippen molar-refractivity contribution in [2.45, 2.75) is 39.2 Å². The highest BCUT2D eigenvalue weighted by Crippen LogP contribution is 2.35. The van der Waals surface area contributed by atoms with Gasteiger partial charge in [-0.25, -0.2) is 0 Å². The summed E-state index contributed by atoms with van der Waals surface area (Å²) in [6.07, 6.45) is 3.44. The van der Waals surface area contributed by atoms with Crippen molar-refractivity contribution in [1.29, 1.82) is 0 Å². The summed E-state index contributed by atoms with van der Waals surface area (Å²) in [6, 6.07) is 5.08. The van der Waals surface area contributed by atoms with Crippen LogP contribution in [0.1, 0.15) is 44.0 Å². The zero-order valence-electron chi connectivity index (χ0n) is 11.2. The maximum Gasteiger partial charge on any atom is 0.0454 e. The first-order valence-electron chi connectivity index (χ1n) is 6.55. The molecule has 1 nitrogen and oxygen atoms in total. The number of allylic oxidation sites excluding steroid dienone is 1. The van der Waals surface area contributed by atoms with Crippen molar-refractivity contribution in [2.24, 2.45) is 0 Å². The molecule has 0 aliphatic heterocycles. The summed E-state index contributed by atoms with van der Waals surface area (Å²) in [5, 5.41) is 5.84. The Kier molecular flexibility index (Phi) is 4.98. The zero-order valence-corrected chi connectivity index (χ0v) is 12.8. The standard InChI is InChI=1S/C15H21NS2/c1-4-8-16-12(6-5-11(2)3)14-10-15-13(18-14)7-9-17-15/h7,9-10,12,16H,2,4-6,8H2,1,3H3. The maximum absolute atomic E-state index is 4.01. The second-order valence-electron chi connectivity index (χ2n) is 4.80. The Balaban J connectivity index is 2.11. The molecule has 0 saturated heterocycles. The van der Waals surface area contributed by atoms with Gasteiger partial charge in [-0.2, -0.15) is 0 Å². The molecule has 1 N–H and O–H groups in total. The summed E-state index contributed by atoms with van der Waals surface area (Å²) >= 11 is 3.77. The molecular weight excluding hydrogens is 258 g/mol. The van der Waals surface area contributed by atoms with Crippen molar-refractivity contribution in [1.82, 2.24) is 5.32 Å². The van der Waals surface area contributed by atoms with Crippen LogP contribution in [0.2, 0.25) is 0 Å². The Bertz CT molecular complexity index is 481. The van der Waals surface area contributed by atoms with Gasteiger partial charge in [0.25, 0.3) is 0 Å². The van der Waals surface area contributed by atoms with E-state index in [0.29, 0.717) is 6.04 Å². The Morgan fingerprint density at radius 3 is 2.94 bits per heavy atom. The van der Waals surface area contributed by atoms with Gasteiger partial charge in [0.15, 0.2) is 0 Å². The molecule has 0 radical (unpaired) electrons. The zero-order chi connectivity index (χ0) is 13.0. The van der Waals surface area contributed by atoms with Gasteiger partial charge < -0.3 is 5.32 Å². The predicted molar refractivity (Wildman–Crippen MR) is 84.8 cm³/mol. The third kappa shape index (κ3) is 3.44. The highest BCUT2D eigenvalue weighted by molar-refractivity contribution is 7.26. The lowest BCUT2D eigenvalue weighted by molar-refractivity contribution is 0.506. The highest BCUT2D eigenvalue weighted by Gasteiger charge is 2.14. The minimum Gasteiger partial charge on any atom is -0.309 e. The van der Waals surface area contributed by atoms with Crippen LogP contribution in [0.3, 0.4) is 0 Å². The second-order valence-corrected chi connectivity index (χ2v) is 6.86. The van der Waals surface area contributed by atoms with E-state index in [1.54, 1.807) is 0 Å². The maximum atomic E-state index is 4.01. The number of rotatable bonds is 7. The van der Waals surface area contributed by atoms with Gasteiger partial charge in [0.1, 0.15) is 0 Å². The molecule has 2 aromatic heterocycles. The largest absolute Gasteiger partial charge is 0.309 e. The molecule has 18 heavy (non-hydrogen) atoms. The monoisotopic (exact) mass is 279 g/mol. The van der Waals surface area contributed by atoms with E-state index in [0.717, 1.165) is 19.4 Å². The van der Waals surface area contributed by atoms with E-state index in [1.807, 2.05) is 22.7 Å².